The first-order valence-electron chi connectivity index (χ1n) is 7.98. The van der Waals surface area contributed by atoms with Crippen LogP contribution in [0.1, 0.15) is 22.8 Å². The second-order valence-electron chi connectivity index (χ2n) is 5.90. The van der Waals surface area contributed by atoms with Gasteiger partial charge in [0.25, 0.3) is 0 Å². The van der Waals surface area contributed by atoms with Crippen molar-refractivity contribution in [1.82, 2.24) is 20.2 Å². The van der Waals surface area contributed by atoms with Crippen LogP contribution in [0.2, 0.25) is 0 Å². The van der Waals surface area contributed by atoms with Gasteiger partial charge in [0.1, 0.15) is 0 Å². The highest BCUT2D eigenvalue weighted by molar-refractivity contribution is 7.09. The number of carbonyl (C=O) groups is 2. The van der Waals surface area contributed by atoms with Gasteiger partial charge in [-0.2, -0.15) is 0 Å². The topological polar surface area (TPSA) is 75.2 Å². The lowest BCUT2D eigenvalue weighted by Gasteiger charge is -2.16. The zero-order valence-corrected chi connectivity index (χ0v) is 14.4. The molecule has 7 heteroatoms. The molecule has 0 aliphatic carbocycles. The van der Waals surface area contributed by atoms with E-state index in [1.807, 2.05) is 30.5 Å². The van der Waals surface area contributed by atoms with Crippen LogP contribution >= 0.6 is 11.3 Å². The monoisotopic (exact) mass is 344 g/mol. The van der Waals surface area contributed by atoms with Gasteiger partial charge in [-0.15, -0.1) is 11.3 Å². The molecule has 24 heavy (non-hydrogen) atoms. The van der Waals surface area contributed by atoms with E-state index in [2.05, 4.69) is 15.3 Å². The summed E-state index contributed by atoms with van der Waals surface area (Å²) in [7, 11) is 0. The molecule has 0 spiro atoms. The zero-order chi connectivity index (χ0) is 16.9. The van der Waals surface area contributed by atoms with Crippen LogP contribution in [0.4, 0.5) is 0 Å². The van der Waals surface area contributed by atoms with E-state index in [0.717, 1.165) is 16.4 Å². The highest BCUT2D eigenvalue weighted by atomic mass is 32.1. The lowest BCUT2D eigenvalue weighted by molar-refractivity contribution is -0.129. The van der Waals surface area contributed by atoms with Gasteiger partial charge < -0.3 is 10.2 Å². The van der Waals surface area contributed by atoms with Crippen LogP contribution in [-0.4, -0.2) is 39.8 Å². The molecule has 2 amide bonds. The van der Waals surface area contributed by atoms with Crippen LogP contribution in [0, 0.1) is 12.8 Å². The quantitative estimate of drug-likeness (QED) is 0.863. The van der Waals surface area contributed by atoms with Crippen molar-refractivity contribution >= 4 is 23.2 Å². The lowest BCUT2D eigenvalue weighted by Crippen LogP contribution is -2.34. The Balaban J connectivity index is 1.47. The first-order chi connectivity index (χ1) is 11.6. The first-order valence-corrected chi connectivity index (χ1v) is 8.86. The Labute approximate surface area is 144 Å². The van der Waals surface area contributed by atoms with Crippen LogP contribution in [-0.2, 0) is 22.6 Å². The highest BCUT2D eigenvalue weighted by Gasteiger charge is 2.34. The summed E-state index contributed by atoms with van der Waals surface area (Å²) >= 11 is 1.61. The predicted octanol–water partition coefficient (Wildman–Crippen LogP) is 1.55. The number of likely N-dealkylation sites (tertiary alicyclic amines) is 1. The molecule has 1 aliphatic heterocycles. The fourth-order valence-corrected chi connectivity index (χ4v) is 3.42. The van der Waals surface area contributed by atoms with E-state index >= 15 is 0 Å². The molecule has 1 atom stereocenters. The molecule has 2 aromatic rings. The van der Waals surface area contributed by atoms with Crippen LogP contribution in [0.3, 0.4) is 0 Å². The van der Waals surface area contributed by atoms with Gasteiger partial charge in [-0.25, -0.2) is 4.98 Å². The Morgan fingerprint density at radius 1 is 1.42 bits per heavy atom. The normalized spacial score (nSPS) is 17.3. The molecule has 1 N–H and O–H groups in total. The predicted molar refractivity (Wildman–Crippen MR) is 91.3 cm³/mol. The molecule has 0 aromatic carbocycles. The molecule has 3 rings (SSSR count). The van der Waals surface area contributed by atoms with E-state index in [1.165, 1.54) is 0 Å². The Kier molecular flexibility index (Phi) is 5.20. The molecule has 1 fully saturated rings. The molecule has 2 aromatic heterocycles. The largest absolute Gasteiger partial charge is 0.355 e. The standard InChI is InChI=1S/C17H20N4O2S/c1-12-20-15(11-24-12)5-7-19-17(23)13-8-16(22)21(9-13)10-14-4-2-3-6-18-14/h2-4,6,11,13H,5,7-10H2,1H3,(H,19,23)/t13-/m1/s1. The van der Waals surface area contributed by atoms with Crippen molar-refractivity contribution in [3.63, 3.8) is 0 Å². The smallest absolute Gasteiger partial charge is 0.225 e. The van der Waals surface area contributed by atoms with Gasteiger partial charge in [0.15, 0.2) is 0 Å². The number of rotatable bonds is 6. The number of thiazole rings is 1. The molecule has 0 unspecified atom stereocenters. The second kappa shape index (κ2) is 7.53. The van der Waals surface area contributed by atoms with E-state index in [-0.39, 0.29) is 24.2 Å². The number of amides is 2. The summed E-state index contributed by atoms with van der Waals surface area (Å²) in [5.74, 6) is -0.326. The summed E-state index contributed by atoms with van der Waals surface area (Å²) in [6.45, 7) is 3.43. The minimum Gasteiger partial charge on any atom is -0.355 e. The number of hydrogen-bond acceptors (Lipinski definition) is 5. The second-order valence-corrected chi connectivity index (χ2v) is 6.96. The van der Waals surface area contributed by atoms with E-state index in [0.29, 0.717) is 26.1 Å². The fraction of sp³-hybridized carbons (Fsp3) is 0.412. The highest BCUT2D eigenvalue weighted by Crippen LogP contribution is 2.19. The number of pyridine rings is 1. The van der Waals surface area contributed by atoms with Crippen LogP contribution < -0.4 is 5.32 Å². The Hall–Kier alpha value is -2.28. The molecule has 0 radical (unpaired) electrons. The van der Waals surface area contributed by atoms with Gasteiger partial charge in [0, 0.05) is 37.5 Å². The third-order valence-corrected chi connectivity index (χ3v) is 4.83. The molecule has 126 valence electrons. The van der Waals surface area contributed by atoms with E-state index in [4.69, 9.17) is 0 Å². The minimum absolute atomic E-state index is 0.0101. The van der Waals surface area contributed by atoms with Crippen molar-refractivity contribution in [2.75, 3.05) is 13.1 Å². The summed E-state index contributed by atoms with van der Waals surface area (Å²) in [6.07, 6.45) is 2.70. The number of aryl methyl sites for hydroxylation is 1. The minimum atomic E-state index is -0.279. The van der Waals surface area contributed by atoms with Gasteiger partial charge >= 0.3 is 0 Å². The zero-order valence-electron chi connectivity index (χ0n) is 13.6. The third-order valence-electron chi connectivity index (χ3n) is 4.01. The SMILES string of the molecule is Cc1nc(CCNC(=O)[C@@H]2CC(=O)N(Cc3ccccn3)C2)cs1. The number of hydrogen-bond donors (Lipinski definition) is 1. The maximum atomic E-state index is 12.3. The van der Waals surface area contributed by atoms with Crippen LogP contribution in [0.15, 0.2) is 29.8 Å². The van der Waals surface area contributed by atoms with Crippen LogP contribution in [0.25, 0.3) is 0 Å². The van der Waals surface area contributed by atoms with Crippen LogP contribution in [0.5, 0.6) is 0 Å². The number of nitrogens with zero attached hydrogens (tertiary/aromatic N) is 3. The van der Waals surface area contributed by atoms with E-state index in [1.54, 1.807) is 22.4 Å². The number of nitrogens with one attached hydrogen (secondary N) is 1. The summed E-state index contributed by atoms with van der Waals surface area (Å²) in [6, 6.07) is 5.62. The maximum absolute atomic E-state index is 12.3. The molecule has 0 saturated carbocycles. The first kappa shape index (κ1) is 16.6. The van der Waals surface area contributed by atoms with Gasteiger partial charge in [0.2, 0.25) is 11.8 Å². The van der Waals surface area contributed by atoms with Gasteiger partial charge in [-0.05, 0) is 19.1 Å². The Bertz CT molecular complexity index is 716. The summed E-state index contributed by atoms with van der Waals surface area (Å²) in [5, 5.41) is 5.96. The molecule has 6 nitrogen and oxygen atoms in total. The fourth-order valence-electron chi connectivity index (χ4n) is 2.77. The summed E-state index contributed by atoms with van der Waals surface area (Å²) in [4.78, 5) is 34.7. The molecule has 1 aliphatic rings. The Morgan fingerprint density at radius 2 is 2.29 bits per heavy atom. The lowest BCUT2D eigenvalue weighted by atomic mass is 10.1. The van der Waals surface area contributed by atoms with Crippen molar-refractivity contribution < 1.29 is 9.59 Å². The van der Waals surface area contributed by atoms with Crippen molar-refractivity contribution in [1.29, 1.82) is 0 Å². The average Bonchev–Trinajstić information content (AvgIpc) is 3.15. The number of carbonyl (C=O) groups excluding carboxylic acids is 2. The summed E-state index contributed by atoms with van der Waals surface area (Å²) < 4.78 is 0. The van der Waals surface area contributed by atoms with Gasteiger partial charge in [0.05, 0.1) is 28.9 Å². The van der Waals surface area contributed by atoms with E-state index < -0.39 is 0 Å². The van der Waals surface area contributed by atoms with Gasteiger partial charge in [-0.1, -0.05) is 6.07 Å². The van der Waals surface area contributed by atoms with Crippen molar-refractivity contribution in [3.8, 4) is 0 Å². The molecular weight excluding hydrogens is 324 g/mol. The van der Waals surface area contributed by atoms with Crippen molar-refractivity contribution in [2.24, 2.45) is 5.92 Å². The average molecular weight is 344 g/mol. The molecular formula is C17H20N4O2S. The van der Waals surface area contributed by atoms with Crippen molar-refractivity contribution in [2.45, 2.75) is 26.3 Å². The molecule has 1 saturated heterocycles. The van der Waals surface area contributed by atoms with Gasteiger partial charge in [-0.3, -0.25) is 14.6 Å². The molecule has 3 heterocycles. The number of aromatic nitrogens is 2. The van der Waals surface area contributed by atoms with Crippen molar-refractivity contribution in [3.05, 3.63) is 46.2 Å². The molecule has 0 bridgehead atoms. The summed E-state index contributed by atoms with van der Waals surface area (Å²) in [5.41, 5.74) is 1.84. The van der Waals surface area contributed by atoms with E-state index in [9.17, 15) is 9.59 Å². The third kappa shape index (κ3) is 4.17. The maximum Gasteiger partial charge on any atom is 0.225 e. The Morgan fingerprint density at radius 3 is 3.00 bits per heavy atom.